The third-order valence-electron chi connectivity index (χ3n) is 7.47. The third kappa shape index (κ3) is 5.25. The molecule has 0 saturated carbocycles. The number of nitrogens with zero attached hydrogens (tertiary/aromatic N) is 4. The zero-order valence-electron chi connectivity index (χ0n) is 22.1. The van der Waals surface area contributed by atoms with Crippen molar-refractivity contribution < 1.29 is 23.7 Å². The van der Waals surface area contributed by atoms with Crippen LogP contribution < -0.4 is 5.49 Å². The summed E-state index contributed by atoms with van der Waals surface area (Å²) in [5, 5.41) is 17.7. The molecule has 2 saturated heterocycles. The minimum Gasteiger partial charge on any atom is -0.414 e. The lowest BCUT2D eigenvalue weighted by atomic mass is 10.1. The van der Waals surface area contributed by atoms with Gasteiger partial charge in [0, 0.05) is 13.2 Å². The van der Waals surface area contributed by atoms with E-state index in [1.165, 1.54) is 0 Å². The molecule has 2 fully saturated rings. The summed E-state index contributed by atoms with van der Waals surface area (Å²) in [6, 6.07) is 0. The smallest absolute Gasteiger partial charge is 0.192 e. The molecule has 2 aliphatic rings. The first kappa shape index (κ1) is 26.4. The number of ether oxygens (including phenoxy) is 3. The van der Waals surface area contributed by atoms with E-state index in [2.05, 4.69) is 43.8 Å². The maximum atomic E-state index is 8.98. The molecule has 4 heterocycles. The van der Waals surface area contributed by atoms with E-state index >= 15 is 0 Å². The van der Waals surface area contributed by atoms with Crippen LogP contribution in [0.3, 0.4) is 0 Å². The van der Waals surface area contributed by atoms with Crippen LogP contribution in [0.25, 0.3) is 11.2 Å². The summed E-state index contributed by atoms with van der Waals surface area (Å²) >= 11 is 0. The minimum absolute atomic E-state index is 0.0964. The van der Waals surface area contributed by atoms with Crippen LogP contribution in [0.4, 0.5) is 0 Å². The molecule has 0 bridgehead atoms. The topological polar surface area (TPSA) is 117 Å². The molecule has 0 amide bonds. The standard InChI is InChI=1S/C24H41N5O5Si/c1-23(2,3)35(6,7)31-13-16-18-19(34-24(4,5)33-18)22(32-16)29-15-26-17-20(25)28(14-27-21(17)29)11-9-8-10-12-30/h14-16,18-19,22,25,30H,8-13H2,1-7H3/t16-,18-,19-,22-/m1/s1. The second kappa shape index (κ2) is 9.68. The highest BCUT2D eigenvalue weighted by atomic mass is 28.4. The molecule has 0 spiro atoms. The monoisotopic (exact) mass is 507 g/mol. The van der Waals surface area contributed by atoms with Crippen LogP contribution in [-0.2, 0) is 25.2 Å². The lowest BCUT2D eigenvalue weighted by Gasteiger charge is -2.37. The number of fused-ring (bicyclic) bond motifs is 2. The first-order valence-corrected chi connectivity index (χ1v) is 15.5. The van der Waals surface area contributed by atoms with Gasteiger partial charge < -0.3 is 28.3 Å². The van der Waals surface area contributed by atoms with Gasteiger partial charge in [-0.15, -0.1) is 0 Å². The van der Waals surface area contributed by atoms with Crippen molar-refractivity contribution in [2.24, 2.45) is 0 Å². The van der Waals surface area contributed by atoms with Crippen LogP contribution in [0, 0.1) is 5.41 Å². The van der Waals surface area contributed by atoms with Crippen molar-refractivity contribution in [1.29, 1.82) is 5.41 Å². The van der Waals surface area contributed by atoms with Crippen molar-refractivity contribution in [3.8, 4) is 0 Å². The summed E-state index contributed by atoms with van der Waals surface area (Å²) < 4.78 is 29.2. The maximum absolute atomic E-state index is 8.98. The zero-order valence-corrected chi connectivity index (χ0v) is 23.1. The number of aliphatic hydroxyl groups is 1. The van der Waals surface area contributed by atoms with E-state index in [9.17, 15) is 0 Å². The van der Waals surface area contributed by atoms with Crippen molar-refractivity contribution in [1.82, 2.24) is 19.1 Å². The molecule has 2 aromatic heterocycles. The van der Waals surface area contributed by atoms with Crippen LogP contribution in [0.2, 0.25) is 18.1 Å². The van der Waals surface area contributed by atoms with E-state index in [0.717, 1.165) is 19.3 Å². The van der Waals surface area contributed by atoms with E-state index in [4.69, 9.17) is 29.2 Å². The molecule has 4 atom stereocenters. The van der Waals surface area contributed by atoms with E-state index in [1.54, 1.807) is 17.2 Å². The summed E-state index contributed by atoms with van der Waals surface area (Å²) in [5.41, 5.74) is 1.42. The van der Waals surface area contributed by atoms with Crippen molar-refractivity contribution >= 4 is 19.5 Å². The van der Waals surface area contributed by atoms with Gasteiger partial charge in [0.1, 0.15) is 23.8 Å². The number of hydrogen-bond acceptors (Lipinski definition) is 8. The molecule has 11 heteroatoms. The van der Waals surface area contributed by atoms with E-state index in [1.807, 2.05) is 18.4 Å². The fraction of sp³-hybridized carbons (Fsp3) is 0.792. The molecule has 2 aliphatic heterocycles. The first-order valence-electron chi connectivity index (χ1n) is 12.6. The molecule has 10 nitrogen and oxygen atoms in total. The Labute approximate surface area is 208 Å². The fourth-order valence-corrected chi connectivity index (χ4v) is 5.43. The van der Waals surface area contributed by atoms with Crippen molar-refractivity contribution in [2.45, 2.75) is 109 Å². The average Bonchev–Trinajstić information content (AvgIpc) is 3.41. The SMILES string of the molecule is CC1(C)O[C@@H]2[C@H](O1)[C@@H](CO[Si](C)(C)C(C)(C)C)O[C@H]2n1cnc2c(=N)n(CCCCCO)cnc21. The number of aryl methyl sites for hydroxylation is 1. The Kier molecular flexibility index (Phi) is 7.31. The van der Waals surface area contributed by atoms with E-state index < -0.39 is 20.3 Å². The number of aliphatic hydroxyl groups excluding tert-OH is 1. The number of unbranched alkanes of at least 4 members (excludes halogenated alkanes) is 2. The Morgan fingerprint density at radius 2 is 1.83 bits per heavy atom. The highest BCUT2D eigenvalue weighted by Crippen LogP contribution is 2.44. The Balaban J connectivity index is 1.57. The highest BCUT2D eigenvalue weighted by Gasteiger charge is 2.56. The Hall–Kier alpha value is -1.63. The molecule has 2 N–H and O–H groups in total. The summed E-state index contributed by atoms with van der Waals surface area (Å²) in [4.78, 5) is 9.14. The molecule has 0 aromatic carbocycles. The molecular weight excluding hydrogens is 466 g/mol. The Morgan fingerprint density at radius 1 is 1.11 bits per heavy atom. The van der Waals surface area contributed by atoms with Gasteiger partial charge in [0.2, 0.25) is 0 Å². The number of aromatic nitrogens is 4. The van der Waals surface area contributed by atoms with E-state index in [0.29, 0.717) is 29.8 Å². The van der Waals surface area contributed by atoms with Gasteiger partial charge in [-0.2, -0.15) is 0 Å². The Bertz CT molecular complexity index is 1090. The van der Waals surface area contributed by atoms with Gasteiger partial charge >= 0.3 is 0 Å². The second-order valence-electron chi connectivity index (χ2n) is 11.6. The van der Waals surface area contributed by atoms with Crippen molar-refractivity contribution in [3.05, 3.63) is 18.1 Å². The number of hydrogen-bond donors (Lipinski definition) is 2. The largest absolute Gasteiger partial charge is 0.414 e. The van der Waals surface area contributed by atoms with Gasteiger partial charge in [0.15, 0.2) is 31.5 Å². The molecule has 0 aliphatic carbocycles. The predicted molar refractivity (Wildman–Crippen MR) is 133 cm³/mol. The molecule has 35 heavy (non-hydrogen) atoms. The fourth-order valence-electron chi connectivity index (χ4n) is 4.42. The normalized spacial score (nSPS) is 26.5. The third-order valence-corrected chi connectivity index (χ3v) is 12.0. The summed E-state index contributed by atoms with van der Waals surface area (Å²) in [7, 11) is -1.96. The minimum atomic E-state index is -1.96. The number of rotatable bonds is 9. The number of imidazole rings is 1. The zero-order chi connectivity index (χ0) is 25.6. The molecule has 196 valence electrons. The first-order chi connectivity index (χ1) is 16.3. The predicted octanol–water partition coefficient (Wildman–Crippen LogP) is 3.31. The van der Waals surface area contributed by atoms with Gasteiger partial charge in [0.05, 0.1) is 19.3 Å². The number of nitrogens with one attached hydrogen (secondary N) is 1. The van der Waals surface area contributed by atoms with Crippen LogP contribution in [-0.4, -0.2) is 69.8 Å². The average molecular weight is 508 g/mol. The lowest BCUT2D eigenvalue weighted by Crippen LogP contribution is -2.44. The van der Waals surface area contributed by atoms with Crippen LogP contribution in [0.15, 0.2) is 12.7 Å². The van der Waals surface area contributed by atoms with E-state index in [-0.39, 0.29) is 30.0 Å². The van der Waals surface area contributed by atoms with Gasteiger partial charge in [-0.1, -0.05) is 20.8 Å². The summed E-state index contributed by atoms with van der Waals surface area (Å²) in [6.45, 7) is 16.2. The van der Waals surface area contributed by atoms with Crippen molar-refractivity contribution in [2.75, 3.05) is 13.2 Å². The summed E-state index contributed by atoms with van der Waals surface area (Å²) in [5.74, 6) is -0.728. The second-order valence-corrected chi connectivity index (χ2v) is 16.4. The van der Waals surface area contributed by atoms with Gasteiger partial charge in [-0.3, -0.25) is 9.98 Å². The highest BCUT2D eigenvalue weighted by molar-refractivity contribution is 6.74. The van der Waals surface area contributed by atoms with Gasteiger partial charge in [0.25, 0.3) is 0 Å². The summed E-state index contributed by atoms with van der Waals surface area (Å²) in [6.07, 6.45) is 4.53. The van der Waals surface area contributed by atoms with Crippen molar-refractivity contribution in [3.63, 3.8) is 0 Å². The molecule has 0 radical (unpaired) electrons. The lowest BCUT2D eigenvalue weighted by molar-refractivity contribution is -0.199. The van der Waals surface area contributed by atoms with Crippen LogP contribution >= 0.6 is 0 Å². The van der Waals surface area contributed by atoms with Gasteiger partial charge in [-0.25, -0.2) is 9.97 Å². The Morgan fingerprint density at radius 3 is 2.51 bits per heavy atom. The molecule has 4 rings (SSSR count). The molecule has 2 aromatic rings. The maximum Gasteiger partial charge on any atom is 0.192 e. The molecular formula is C24H41N5O5Si. The van der Waals surface area contributed by atoms with Crippen LogP contribution in [0.5, 0.6) is 0 Å². The quantitative estimate of drug-likeness (QED) is 0.395. The van der Waals surface area contributed by atoms with Crippen LogP contribution in [0.1, 0.15) is 60.1 Å². The van der Waals surface area contributed by atoms with Gasteiger partial charge in [-0.05, 0) is 51.2 Å². The molecule has 0 unspecified atom stereocenters.